The Balaban J connectivity index is 1.46. The fourth-order valence-electron chi connectivity index (χ4n) is 2.87. The summed E-state index contributed by atoms with van der Waals surface area (Å²) in [5.74, 6) is 0. The average Bonchev–Trinajstić information content (AvgIpc) is 2.95. The highest BCUT2D eigenvalue weighted by Gasteiger charge is 2.25. The molecule has 2 saturated heterocycles. The highest BCUT2D eigenvalue weighted by molar-refractivity contribution is 5.19. The molecule has 1 atom stereocenters. The molecule has 2 N–H and O–H groups in total. The number of fused-ring (bicyclic) bond motifs is 1. The van der Waals surface area contributed by atoms with Gasteiger partial charge in [0.1, 0.15) is 0 Å². The molecule has 0 aromatic rings. The Morgan fingerprint density at radius 3 is 3.38 bits per heavy atom. The number of rotatable bonds is 4. The van der Waals surface area contributed by atoms with Crippen molar-refractivity contribution < 1.29 is 4.74 Å². The molecule has 0 aromatic heterocycles. The van der Waals surface area contributed by atoms with E-state index in [0.717, 1.165) is 32.8 Å². The summed E-state index contributed by atoms with van der Waals surface area (Å²) >= 11 is 0. The van der Waals surface area contributed by atoms with Crippen molar-refractivity contribution in [3.63, 3.8) is 0 Å². The number of hydrogen-bond acceptors (Lipinski definition) is 4. The fraction of sp³-hybridized carbons (Fsp3) is 0.833. The molecule has 3 aliphatic heterocycles. The van der Waals surface area contributed by atoms with Crippen LogP contribution in [0.4, 0.5) is 0 Å². The van der Waals surface area contributed by atoms with Crippen LogP contribution in [-0.4, -0.2) is 43.9 Å². The molecule has 0 unspecified atom stereocenters. The highest BCUT2D eigenvalue weighted by Crippen LogP contribution is 2.27. The summed E-state index contributed by atoms with van der Waals surface area (Å²) in [6, 6.07) is 0.590. The first-order valence-electron chi connectivity index (χ1n) is 6.45. The van der Waals surface area contributed by atoms with E-state index < -0.39 is 0 Å². The topological polar surface area (TPSA) is 36.5 Å². The maximum Gasteiger partial charge on any atom is 0.0872 e. The van der Waals surface area contributed by atoms with Crippen LogP contribution in [0.2, 0.25) is 0 Å². The Kier molecular flexibility index (Phi) is 3.02. The zero-order valence-electron chi connectivity index (χ0n) is 9.80. The minimum Gasteiger partial charge on any atom is -0.380 e. The van der Waals surface area contributed by atoms with Crippen LogP contribution in [0.5, 0.6) is 0 Å². The van der Waals surface area contributed by atoms with Crippen molar-refractivity contribution in [3.05, 3.63) is 11.4 Å². The van der Waals surface area contributed by atoms with Gasteiger partial charge in [-0.2, -0.15) is 0 Å². The number of ether oxygens (including phenoxy) is 1. The summed E-state index contributed by atoms with van der Waals surface area (Å²) in [7, 11) is 0. The first-order chi connectivity index (χ1) is 7.93. The van der Waals surface area contributed by atoms with Gasteiger partial charge in [-0.15, -0.1) is 0 Å². The smallest absolute Gasteiger partial charge is 0.0872 e. The largest absolute Gasteiger partial charge is 0.380 e. The van der Waals surface area contributed by atoms with E-state index in [1.54, 1.807) is 5.70 Å². The Bertz CT molecular complexity index is 284. The number of hydrogen-bond donors (Lipinski definition) is 2. The molecule has 3 heterocycles. The molecule has 2 fully saturated rings. The molecular weight excluding hydrogens is 202 g/mol. The van der Waals surface area contributed by atoms with Crippen LogP contribution in [0, 0.1) is 0 Å². The Labute approximate surface area is 97.0 Å². The third kappa shape index (κ3) is 2.04. The van der Waals surface area contributed by atoms with Crippen LogP contribution in [0.25, 0.3) is 0 Å². The van der Waals surface area contributed by atoms with Crippen LogP contribution in [-0.2, 0) is 4.74 Å². The lowest BCUT2D eigenvalue weighted by molar-refractivity contribution is 0.190. The predicted molar refractivity (Wildman–Crippen MR) is 62.8 cm³/mol. The van der Waals surface area contributed by atoms with E-state index in [1.807, 2.05) is 0 Å². The second kappa shape index (κ2) is 4.63. The van der Waals surface area contributed by atoms with Gasteiger partial charge < -0.3 is 20.3 Å². The molecule has 0 saturated carbocycles. The van der Waals surface area contributed by atoms with Crippen molar-refractivity contribution in [3.8, 4) is 0 Å². The van der Waals surface area contributed by atoms with E-state index in [9.17, 15) is 0 Å². The normalized spacial score (nSPS) is 28.8. The van der Waals surface area contributed by atoms with Crippen molar-refractivity contribution in [2.24, 2.45) is 0 Å². The summed E-state index contributed by atoms with van der Waals surface area (Å²) in [6.07, 6.45) is 4.92. The maximum absolute atomic E-state index is 5.35. The Morgan fingerprint density at radius 1 is 1.50 bits per heavy atom. The van der Waals surface area contributed by atoms with E-state index in [2.05, 4.69) is 15.5 Å². The van der Waals surface area contributed by atoms with Crippen LogP contribution < -0.4 is 10.6 Å². The summed E-state index contributed by atoms with van der Waals surface area (Å²) in [4.78, 5) is 2.48. The van der Waals surface area contributed by atoms with E-state index in [-0.39, 0.29) is 0 Å². The van der Waals surface area contributed by atoms with Crippen LogP contribution >= 0.6 is 0 Å². The Morgan fingerprint density at radius 2 is 2.50 bits per heavy atom. The lowest BCUT2D eigenvalue weighted by atomic mass is 10.2. The molecule has 16 heavy (non-hydrogen) atoms. The molecule has 0 aromatic carbocycles. The number of nitrogens with zero attached hydrogens (tertiary/aromatic N) is 1. The Hall–Kier alpha value is -0.740. The SMILES string of the molecule is C1CC2=C(CCN[C@@H]3CCOC3)NCN2C1. The van der Waals surface area contributed by atoms with Gasteiger partial charge in [0.25, 0.3) is 0 Å². The van der Waals surface area contributed by atoms with Gasteiger partial charge in [-0.25, -0.2) is 0 Å². The van der Waals surface area contributed by atoms with Gasteiger partial charge in [-0.3, -0.25) is 0 Å². The van der Waals surface area contributed by atoms with Gasteiger partial charge in [-0.1, -0.05) is 0 Å². The number of nitrogens with one attached hydrogen (secondary N) is 2. The van der Waals surface area contributed by atoms with Gasteiger partial charge in [0.2, 0.25) is 0 Å². The second-order valence-electron chi connectivity index (χ2n) is 4.89. The van der Waals surface area contributed by atoms with Crippen LogP contribution in [0.1, 0.15) is 25.7 Å². The molecule has 0 bridgehead atoms. The molecule has 3 aliphatic rings. The van der Waals surface area contributed by atoms with Crippen molar-refractivity contribution in [2.75, 3.05) is 33.0 Å². The van der Waals surface area contributed by atoms with Gasteiger partial charge in [-0.05, 0) is 19.3 Å². The molecule has 4 heteroatoms. The van der Waals surface area contributed by atoms with E-state index in [0.29, 0.717) is 6.04 Å². The molecule has 3 rings (SSSR count). The van der Waals surface area contributed by atoms with Crippen LogP contribution in [0.15, 0.2) is 11.4 Å². The third-order valence-electron chi connectivity index (χ3n) is 3.79. The van der Waals surface area contributed by atoms with Gasteiger partial charge in [0, 0.05) is 43.6 Å². The van der Waals surface area contributed by atoms with Crippen LogP contribution in [0.3, 0.4) is 0 Å². The van der Waals surface area contributed by atoms with Crippen molar-refractivity contribution in [1.82, 2.24) is 15.5 Å². The minimum atomic E-state index is 0.590. The minimum absolute atomic E-state index is 0.590. The molecule has 90 valence electrons. The average molecular weight is 223 g/mol. The third-order valence-corrected chi connectivity index (χ3v) is 3.79. The van der Waals surface area contributed by atoms with Crippen molar-refractivity contribution in [2.45, 2.75) is 31.7 Å². The molecule has 0 amide bonds. The van der Waals surface area contributed by atoms with Crippen molar-refractivity contribution >= 4 is 0 Å². The number of allylic oxidation sites excluding steroid dienone is 1. The highest BCUT2D eigenvalue weighted by atomic mass is 16.5. The van der Waals surface area contributed by atoms with E-state index in [4.69, 9.17) is 4.74 Å². The monoisotopic (exact) mass is 223 g/mol. The lowest BCUT2D eigenvalue weighted by Crippen LogP contribution is -2.31. The fourth-order valence-corrected chi connectivity index (χ4v) is 2.87. The molecule has 0 aliphatic carbocycles. The first kappa shape index (κ1) is 10.4. The van der Waals surface area contributed by atoms with Crippen molar-refractivity contribution in [1.29, 1.82) is 0 Å². The van der Waals surface area contributed by atoms with E-state index in [1.165, 1.54) is 31.5 Å². The zero-order chi connectivity index (χ0) is 10.8. The summed E-state index contributed by atoms with van der Waals surface area (Å²) in [5.41, 5.74) is 3.05. The lowest BCUT2D eigenvalue weighted by Gasteiger charge is -2.11. The molecule has 0 radical (unpaired) electrons. The summed E-state index contributed by atoms with van der Waals surface area (Å²) in [6.45, 7) is 5.18. The predicted octanol–water partition coefficient (Wildman–Crippen LogP) is 0.623. The van der Waals surface area contributed by atoms with Gasteiger partial charge in [0.05, 0.1) is 13.3 Å². The second-order valence-corrected chi connectivity index (χ2v) is 4.89. The first-order valence-corrected chi connectivity index (χ1v) is 6.45. The quantitative estimate of drug-likeness (QED) is 0.733. The molecule has 4 nitrogen and oxygen atoms in total. The zero-order valence-corrected chi connectivity index (χ0v) is 9.80. The summed E-state index contributed by atoms with van der Waals surface area (Å²) in [5, 5.41) is 7.09. The standard InChI is InChI=1S/C12H21N3O/c1-2-12-11(14-9-15(12)6-1)3-5-13-10-4-7-16-8-10/h10,13-14H,1-9H2/t10-/m1/s1. The van der Waals surface area contributed by atoms with Gasteiger partial charge >= 0.3 is 0 Å². The maximum atomic E-state index is 5.35. The molecular formula is C12H21N3O. The van der Waals surface area contributed by atoms with Gasteiger partial charge in [0.15, 0.2) is 0 Å². The summed E-state index contributed by atoms with van der Waals surface area (Å²) < 4.78 is 5.35. The molecule has 0 spiro atoms. The van der Waals surface area contributed by atoms with E-state index >= 15 is 0 Å².